The van der Waals surface area contributed by atoms with Crippen molar-refractivity contribution in [3.8, 4) is 0 Å². The van der Waals surface area contributed by atoms with Crippen molar-refractivity contribution in [2.45, 2.75) is 110 Å². The van der Waals surface area contributed by atoms with Gasteiger partial charge in [0, 0.05) is 6.42 Å². The zero-order valence-corrected chi connectivity index (χ0v) is 15.7. The lowest BCUT2D eigenvalue weighted by atomic mass is 9.72. The van der Waals surface area contributed by atoms with Crippen LogP contribution in [0.3, 0.4) is 0 Å². The molecule has 0 spiro atoms. The number of aliphatic imine (C=N–C) groups is 1. The quantitative estimate of drug-likeness (QED) is 0.385. The minimum Gasteiger partial charge on any atom is -0.387 e. The zero-order valence-electron chi connectivity index (χ0n) is 15.7. The van der Waals surface area contributed by atoms with Gasteiger partial charge in [-0.3, -0.25) is 4.99 Å². The van der Waals surface area contributed by atoms with Gasteiger partial charge in [-0.1, -0.05) is 79.1 Å². The van der Waals surface area contributed by atoms with Gasteiger partial charge >= 0.3 is 0 Å². The van der Waals surface area contributed by atoms with Gasteiger partial charge in [0.05, 0.1) is 11.4 Å². The Labute approximate surface area is 139 Å². The lowest BCUT2D eigenvalue weighted by Crippen LogP contribution is -2.39. The Morgan fingerprint density at radius 1 is 1.00 bits per heavy atom. The molecule has 1 fully saturated rings. The van der Waals surface area contributed by atoms with E-state index >= 15 is 0 Å². The predicted molar refractivity (Wildman–Crippen MR) is 99.4 cm³/mol. The fraction of sp³-hybridized carbons (Fsp3) is 0.950. The van der Waals surface area contributed by atoms with E-state index < -0.39 is 0 Å². The second-order valence-electron chi connectivity index (χ2n) is 7.76. The van der Waals surface area contributed by atoms with Crippen LogP contribution >= 0.6 is 0 Å². The summed E-state index contributed by atoms with van der Waals surface area (Å²) in [5.74, 6) is 2.28. The number of hydrogen-bond donors (Lipinski definition) is 1. The molecule has 2 N–H and O–H groups in total. The van der Waals surface area contributed by atoms with E-state index in [0.717, 1.165) is 12.3 Å². The molecule has 2 atom stereocenters. The number of amidine groups is 1. The van der Waals surface area contributed by atoms with Crippen LogP contribution in [0.4, 0.5) is 0 Å². The summed E-state index contributed by atoms with van der Waals surface area (Å²) in [6.07, 6.45) is 15.3. The zero-order chi connectivity index (χ0) is 16.4. The summed E-state index contributed by atoms with van der Waals surface area (Å²) >= 11 is 0. The molecule has 1 saturated carbocycles. The van der Waals surface area contributed by atoms with Crippen LogP contribution in [-0.4, -0.2) is 11.4 Å². The Morgan fingerprint density at radius 3 is 2.18 bits per heavy atom. The molecule has 22 heavy (non-hydrogen) atoms. The van der Waals surface area contributed by atoms with Crippen molar-refractivity contribution in [1.82, 2.24) is 0 Å². The van der Waals surface area contributed by atoms with Crippen molar-refractivity contribution in [2.75, 3.05) is 0 Å². The van der Waals surface area contributed by atoms with Crippen LogP contribution in [0.1, 0.15) is 105 Å². The van der Waals surface area contributed by atoms with Gasteiger partial charge in [0.2, 0.25) is 0 Å². The van der Waals surface area contributed by atoms with Crippen LogP contribution < -0.4 is 5.73 Å². The van der Waals surface area contributed by atoms with Gasteiger partial charge in [0.1, 0.15) is 0 Å². The Morgan fingerprint density at radius 2 is 1.59 bits per heavy atom. The summed E-state index contributed by atoms with van der Waals surface area (Å²) in [7, 11) is 0. The number of hydrogen-bond acceptors (Lipinski definition) is 1. The van der Waals surface area contributed by atoms with Gasteiger partial charge in [-0.15, -0.1) is 0 Å². The lowest BCUT2D eigenvalue weighted by molar-refractivity contribution is 0.199. The summed E-state index contributed by atoms with van der Waals surface area (Å²) < 4.78 is 0. The molecule has 0 aliphatic heterocycles. The minimum absolute atomic E-state index is 0.155. The summed E-state index contributed by atoms with van der Waals surface area (Å²) in [4.78, 5) is 5.16. The summed E-state index contributed by atoms with van der Waals surface area (Å²) in [5.41, 5.74) is 6.53. The molecule has 2 unspecified atom stereocenters. The predicted octanol–water partition coefficient (Wildman–Crippen LogP) is 6.09. The van der Waals surface area contributed by atoms with Crippen LogP contribution in [0.2, 0.25) is 0 Å². The third kappa shape index (κ3) is 6.30. The molecule has 0 saturated heterocycles. The third-order valence-corrected chi connectivity index (χ3v) is 5.60. The topological polar surface area (TPSA) is 38.4 Å². The number of nitrogens with two attached hydrogens (primary N) is 1. The highest BCUT2D eigenvalue weighted by molar-refractivity contribution is 5.81. The van der Waals surface area contributed by atoms with Crippen LogP contribution in [0.15, 0.2) is 4.99 Å². The van der Waals surface area contributed by atoms with E-state index in [2.05, 4.69) is 27.7 Å². The van der Waals surface area contributed by atoms with Crippen molar-refractivity contribution in [3.63, 3.8) is 0 Å². The molecule has 1 aliphatic carbocycles. The van der Waals surface area contributed by atoms with Crippen molar-refractivity contribution in [3.05, 3.63) is 0 Å². The van der Waals surface area contributed by atoms with E-state index in [-0.39, 0.29) is 5.54 Å². The molecule has 2 nitrogen and oxygen atoms in total. The average Bonchev–Trinajstić information content (AvgIpc) is 2.51. The minimum atomic E-state index is 0.155. The van der Waals surface area contributed by atoms with Gasteiger partial charge in [-0.2, -0.15) is 0 Å². The van der Waals surface area contributed by atoms with E-state index in [4.69, 9.17) is 10.7 Å². The molecule has 0 heterocycles. The van der Waals surface area contributed by atoms with Crippen LogP contribution in [-0.2, 0) is 0 Å². The molecule has 1 aliphatic rings. The van der Waals surface area contributed by atoms with Gasteiger partial charge in [-0.05, 0) is 31.1 Å². The fourth-order valence-corrected chi connectivity index (χ4v) is 4.00. The average molecular weight is 309 g/mol. The van der Waals surface area contributed by atoms with Crippen molar-refractivity contribution < 1.29 is 0 Å². The van der Waals surface area contributed by atoms with Gasteiger partial charge in [-0.25, -0.2) is 0 Å². The van der Waals surface area contributed by atoms with Gasteiger partial charge in [0.15, 0.2) is 0 Å². The second-order valence-corrected chi connectivity index (χ2v) is 7.76. The highest BCUT2D eigenvalue weighted by Gasteiger charge is 2.36. The summed E-state index contributed by atoms with van der Waals surface area (Å²) in [6.45, 7) is 9.29. The lowest BCUT2D eigenvalue weighted by Gasteiger charge is -2.39. The molecule has 2 heteroatoms. The number of rotatable bonds is 10. The standard InChI is InChI=1S/C20H40N2/c1-5-7-12-17(3)16-19(21)22-20(14-10-9-11-15-20)18(4)13-8-6-2/h17-18H,5-16H2,1-4H3,(H2,21,22). The Balaban J connectivity index is 2.71. The van der Waals surface area contributed by atoms with Crippen molar-refractivity contribution >= 4 is 5.84 Å². The molecule has 0 bridgehead atoms. The van der Waals surface area contributed by atoms with E-state index in [1.54, 1.807) is 0 Å². The maximum Gasteiger partial charge on any atom is 0.0946 e. The van der Waals surface area contributed by atoms with Crippen molar-refractivity contribution in [2.24, 2.45) is 22.6 Å². The first-order chi connectivity index (χ1) is 10.5. The number of nitrogens with zero attached hydrogens (tertiary/aromatic N) is 1. The first kappa shape index (κ1) is 19.5. The van der Waals surface area contributed by atoms with E-state index in [1.807, 2.05) is 0 Å². The molecule has 0 radical (unpaired) electrons. The molecule has 0 aromatic rings. The SMILES string of the molecule is CCCCC(C)CC(N)=NC1(C(C)CCCC)CCCCC1. The molecule has 130 valence electrons. The third-order valence-electron chi connectivity index (χ3n) is 5.60. The first-order valence-corrected chi connectivity index (χ1v) is 9.88. The highest BCUT2D eigenvalue weighted by Crippen LogP contribution is 2.40. The van der Waals surface area contributed by atoms with E-state index in [1.165, 1.54) is 70.6 Å². The molecule has 0 amide bonds. The van der Waals surface area contributed by atoms with Crippen LogP contribution in [0, 0.1) is 11.8 Å². The smallest absolute Gasteiger partial charge is 0.0946 e. The monoisotopic (exact) mass is 308 g/mol. The highest BCUT2D eigenvalue weighted by atomic mass is 15.0. The van der Waals surface area contributed by atoms with Crippen molar-refractivity contribution in [1.29, 1.82) is 0 Å². The normalized spacial score (nSPS) is 21.5. The van der Waals surface area contributed by atoms with Crippen LogP contribution in [0.25, 0.3) is 0 Å². The van der Waals surface area contributed by atoms with Gasteiger partial charge < -0.3 is 5.73 Å². The summed E-state index contributed by atoms with van der Waals surface area (Å²) in [6, 6.07) is 0. The molecular weight excluding hydrogens is 268 g/mol. The Hall–Kier alpha value is -0.530. The second kappa shape index (κ2) is 10.3. The number of unbranched alkanes of at least 4 members (excludes halogenated alkanes) is 2. The molecule has 0 aromatic carbocycles. The molecular formula is C20H40N2. The molecule has 0 aromatic heterocycles. The molecule has 1 rings (SSSR count). The largest absolute Gasteiger partial charge is 0.387 e. The van der Waals surface area contributed by atoms with Crippen LogP contribution in [0.5, 0.6) is 0 Å². The maximum absolute atomic E-state index is 6.38. The van der Waals surface area contributed by atoms with E-state index in [0.29, 0.717) is 11.8 Å². The van der Waals surface area contributed by atoms with E-state index in [9.17, 15) is 0 Å². The summed E-state index contributed by atoms with van der Waals surface area (Å²) in [5, 5.41) is 0. The first-order valence-electron chi connectivity index (χ1n) is 9.88. The Kier molecular flexibility index (Phi) is 9.12. The Bertz CT molecular complexity index is 316. The van der Waals surface area contributed by atoms with Gasteiger partial charge in [0.25, 0.3) is 0 Å². The maximum atomic E-state index is 6.38. The fourth-order valence-electron chi connectivity index (χ4n) is 4.00.